The zero-order chi connectivity index (χ0) is 24.2. The number of nitrogens with zero attached hydrogens (tertiary/aromatic N) is 1. The summed E-state index contributed by atoms with van der Waals surface area (Å²) in [6, 6.07) is 24.7. The molecule has 1 aromatic heterocycles. The van der Waals surface area contributed by atoms with Crippen LogP contribution >= 0.6 is 11.8 Å². The van der Waals surface area contributed by atoms with Crippen molar-refractivity contribution in [2.75, 3.05) is 4.90 Å². The smallest absolute Gasteiger partial charge is 0.265 e. The van der Waals surface area contributed by atoms with E-state index in [1.54, 1.807) is 71.8 Å². The molecular weight excluding hydrogens is 463 g/mol. The van der Waals surface area contributed by atoms with Crippen molar-refractivity contribution >= 4 is 35.3 Å². The molecule has 0 bridgehead atoms. The molecule has 5 rings (SSSR count). The summed E-state index contributed by atoms with van der Waals surface area (Å²) < 4.78 is 19.6. The summed E-state index contributed by atoms with van der Waals surface area (Å²) in [5.41, 5.74) is 2.50. The van der Waals surface area contributed by atoms with Gasteiger partial charge >= 0.3 is 0 Å². The van der Waals surface area contributed by atoms with Crippen LogP contribution in [0.1, 0.15) is 27.2 Å². The first kappa shape index (κ1) is 22.7. The van der Waals surface area contributed by atoms with Crippen LogP contribution in [0.4, 0.5) is 10.1 Å². The van der Waals surface area contributed by atoms with Crippen LogP contribution in [0, 0.1) is 5.82 Å². The van der Waals surface area contributed by atoms with Gasteiger partial charge in [-0.25, -0.2) is 4.39 Å². The molecule has 0 atom stereocenters. The highest BCUT2D eigenvalue weighted by atomic mass is 32.2. The van der Waals surface area contributed by atoms with Gasteiger partial charge in [-0.1, -0.05) is 54.2 Å². The molecule has 0 saturated carbocycles. The summed E-state index contributed by atoms with van der Waals surface area (Å²) in [6.45, 7) is 0.440. The number of amides is 2. The molecule has 2 heterocycles. The Bertz CT molecular complexity index is 1400. The average Bonchev–Trinajstić information content (AvgIpc) is 3.40. The van der Waals surface area contributed by atoms with Crippen molar-refractivity contribution < 1.29 is 18.4 Å². The minimum atomic E-state index is -0.345. The quantitative estimate of drug-likeness (QED) is 0.340. The number of rotatable bonds is 6. The number of carbonyl (C=O) groups is 2. The zero-order valence-electron chi connectivity index (χ0n) is 18.6. The molecule has 3 aromatic carbocycles. The van der Waals surface area contributed by atoms with Gasteiger partial charge in [0.15, 0.2) is 0 Å². The molecule has 0 unspecified atom stereocenters. The van der Waals surface area contributed by atoms with Crippen LogP contribution in [-0.2, 0) is 17.9 Å². The predicted molar refractivity (Wildman–Crippen MR) is 134 cm³/mol. The van der Waals surface area contributed by atoms with Gasteiger partial charge in [-0.15, -0.1) is 0 Å². The molecule has 1 aliphatic heterocycles. The lowest BCUT2D eigenvalue weighted by Gasteiger charge is -2.30. The topological polar surface area (TPSA) is 62.6 Å². The van der Waals surface area contributed by atoms with E-state index in [1.807, 2.05) is 24.3 Å². The van der Waals surface area contributed by atoms with Crippen molar-refractivity contribution in [3.63, 3.8) is 0 Å². The predicted octanol–water partition coefficient (Wildman–Crippen LogP) is 6.03. The molecule has 174 valence electrons. The maximum absolute atomic E-state index is 14.3. The number of thioether (sulfide) groups is 1. The van der Waals surface area contributed by atoms with Crippen molar-refractivity contribution in [1.82, 2.24) is 5.32 Å². The van der Waals surface area contributed by atoms with Crippen molar-refractivity contribution in [2.45, 2.75) is 18.0 Å². The van der Waals surface area contributed by atoms with Crippen LogP contribution in [0.3, 0.4) is 0 Å². The molecule has 2 amide bonds. The number of anilines is 1. The maximum atomic E-state index is 14.3. The molecule has 7 heteroatoms. The monoisotopic (exact) mass is 484 g/mol. The van der Waals surface area contributed by atoms with Crippen LogP contribution in [0.2, 0.25) is 0 Å². The molecule has 4 aromatic rings. The van der Waals surface area contributed by atoms with Gasteiger partial charge < -0.3 is 14.6 Å². The minimum Gasteiger partial charge on any atom is -0.467 e. The number of benzene rings is 3. The lowest BCUT2D eigenvalue weighted by atomic mass is 10.1. The lowest BCUT2D eigenvalue weighted by molar-refractivity contribution is -0.114. The summed E-state index contributed by atoms with van der Waals surface area (Å²) in [7, 11) is 0. The molecule has 0 fully saturated rings. The van der Waals surface area contributed by atoms with Crippen molar-refractivity contribution in [3.05, 3.63) is 124 Å². The highest BCUT2D eigenvalue weighted by Gasteiger charge is 2.29. The van der Waals surface area contributed by atoms with E-state index in [2.05, 4.69) is 5.32 Å². The van der Waals surface area contributed by atoms with Gasteiger partial charge in [-0.05, 0) is 54.1 Å². The number of hydrogen-bond acceptors (Lipinski definition) is 4. The van der Waals surface area contributed by atoms with Gasteiger partial charge in [0.2, 0.25) is 0 Å². The van der Waals surface area contributed by atoms with E-state index in [-0.39, 0.29) is 24.2 Å². The third-order valence-electron chi connectivity index (χ3n) is 5.59. The van der Waals surface area contributed by atoms with E-state index in [0.29, 0.717) is 28.3 Å². The Kier molecular flexibility index (Phi) is 6.50. The molecule has 5 nitrogen and oxygen atoms in total. The summed E-state index contributed by atoms with van der Waals surface area (Å²) in [6.07, 6.45) is 3.35. The summed E-state index contributed by atoms with van der Waals surface area (Å²) in [4.78, 5) is 28.9. The molecular formula is C28H21FN2O3S. The fourth-order valence-electron chi connectivity index (χ4n) is 3.78. The number of para-hydroxylation sites is 1. The third-order valence-corrected chi connectivity index (χ3v) is 6.67. The van der Waals surface area contributed by atoms with Gasteiger partial charge in [0, 0.05) is 16.0 Å². The largest absolute Gasteiger partial charge is 0.467 e. The van der Waals surface area contributed by atoms with Crippen molar-refractivity contribution in [2.24, 2.45) is 0 Å². The Hall–Kier alpha value is -4.10. The second kappa shape index (κ2) is 10.0. The van der Waals surface area contributed by atoms with E-state index in [9.17, 15) is 14.0 Å². The van der Waals surface area contributed by atoms with E-state index < -0.39 is 0 Å². The molecule has 0 aliphatic carbocycles. The van der Waals surface area contributed by atoms with Crippen LogP contribution in [0.25, 0.3) is 6.08 Å². The summed E-state index contributed by atoms with van der Waals surface area (Å²) >= 11 is 1.38. The number of hydrogen-bond donors (Lipinski definition) is 1. The van der Waals surface area contributed by atoms with E-state index in [1.165, 1.54) is 17.8 Å². The van der Waals surface area contributed by atoms with Crippen molar-refractivity contribution in [3.8, 4) is 0 Å². The first-order valence-corrected chi connectivity index (χ1v) is 11.8. The average molecular weight is 485 g/mol. The summed E-state index contributed by atoms with van der Waals surface area (Å²) in [5.74, 6) is -0.0823. The second-order valence-corrected chi connectivity index (χ2v) is 9.03. The Morgan fingerprint density at radius 3 is 2.51 bits per heavy atom. The van der Waals surface area contributed by atoms with Crippen molar-refractivity contribution in [1.29, 1.82) is 0 Å². The van der Waals surface area contributed by atoms with Crippen LogP contribution in [0.5, 0.6) is 0 Å². The summed E-state index contributed by atoms with van der Waals surface area (Å²) in [5, 5.41) is 2.81. The molecule has 35 heavy (non-hydrogen) atoms. The Morgan fingerprint density at radius 1 is 0.971 bits per heavy atom. The van der Waals surface area contributed by atoms with E-state index in [0.717, 1.165) is 16.1 Å². The molecule has 1 aliphatic rings. The fourth-order valence-corrected chi connectivity index (χ4v) is 4.84. The van der Waals surface area contributed by atoms with E-state index >= 15 is 0 Å². The second-order valence-electron chi connectivity index (χ2n) is 7.95. The number of nitrogens with one attached hydrogen (secondary N) is 1. The number of furan rings is 1. The highest BCUT2D eigenvalue weighted by Crippen LogP contribution is 2.42. The van der Waals surface area contributed by atoms with Gasteiger partial charge in [0.05, 0.1) is 29.9 Å². The van der Waals surface area contributed by atoms with E-state index in [4.69, 9.17) is 4.42 Å². The Morgan fingerprint density at radius 2 is 1.74 bits per heavy atom. The first-order chi connectivity index (χ1) is 17.1. The minimum absolute atomic E-state index is 0.134. The third kappa shape index (κ3) is 5.05. The number of fused-ring (bicyclic) bond motifs is 1. The van der Waals surface area contributed by atoms with Crippen LogP contribution < -0.4 is 10.2 Å². The van der Waals surface area contributed by atoms with Crippen LogP contribution in [0.15, 0.2) is 105 Å². The Labute approximate surface area is 206 Å². The zero-order valence-corrected chi connectivity index (χ0v) is 19.4. The molecule has 1 N–H and O–H groups in total. The lowest BCUT2D eigenvalue weighted by Crippen LogP contribution is -2.34. The standard InChI is InChI=1S/C28H21FN2O3S/c29-23-8-2-1-6-21(23)18-31-24-9-3-4-10-25(24)35-26(28(31)33)16-19-11-13-20(14-12-19)27(32)30-17-22-7-5-15-34-22/h1-16H,17-18H2,(H,30,32)/b26-16-. The maximum Gasteiger partial charge on any atom is 0.265 e. The SMILES string of the molecule is O=C(NCc1ccco1)c1ccc(/C=C2\Sc3ccccc3N(Cc3ccccc3F)C2=O)cc1. The molecule has 0 spiro atoms. The van der Waals surface area contributed by atoms with Gasteiger partial charge in [-0.3, -0.25) is 9.59 Å². The van der Waals surface area contributed by atoms with Gasteiger partial charge in [0.1, 0.15) is 11.6 Å². The molecule has 0 saturated heterocycles. The fraction of sp³-hybridized carbons (Fsp3) is 0.0714. The normalized spacial score (nSPS) is 14.1. The number of halogens is 1. The molecule has 0 radical (unpaired) electrons. The Balaban J connectivity index is 1.36. The van der Waals surface area contributed by atoms with Gasteiger partial charge in [0.25, 0.3) is 11.8 Å². The first-order valence-electron chi connectivity index (χ1n) is 11.0. The number of carbonyl (C=O) groups excluding carboxylic acids is 2. The highest BCUT2D eigenvalue weighted by molar-refractivity contribution is 8.04. The van der Waals surface area contributed by atoms with Crippen LogP contribution in [-0.4, -0.2) is 11.8 Å². The van der Waals surface area contributed by atoms with Gasteiger partial charge in [-0.2, -0.15) is 0 Å².